The van der Waals surface area contributed by atoms with Crippen molar-refractivity contribution in [1.29, 1.82) is 0 Å². The number of hydrogen-bond donors (Lipinski definition) is 2. The lowest BCUT2D eigenvalue weighted by Crippen LogP contribution is -2.29. The molecule has 0 atom stereocenters. The second-order valence-electron chi connectivity index (χ2n) is 5.28. The van der Waals surface area contributed by atoms with Gasteiger partial charge < -0.3 is 15.5 Å². The third-order valence-corrected chi connectivity index (χ3v) is 3.82. The minimum atomic E-state index is -0.0812. The number of benzene rings is 1. The van der Waals surface area contributed by atoms with Gasteiger partial charge in [-0.05, 0) is 53.8 Å². The second kappa shape index (κ2) is 8.09. The van der Waals surface area contributed by atoms with Gasteiger partial charge in [-0.3, -0.25) is 4.79 Å². The third kappa shape index (κ3) is 5.34. The van der Waals surface area contributed by atoms with Crippen molar-refractivity contribution in [3.8, 4) is 0 Å². The first-order chi connectivity index (χ1) is 11.0. The monoisotopic (exact) mass is 425 g/mol. The Morgan fingerprint density at radius 1 is 1.17 bits per heavy atom. The van der Waals surface area contributed by atoms with Gasteiger partial charge in [0.1, 0.15) is 5.82 Å². The van der Waals surface area contributed by atoms with Crippen LogP contribution in [0, 0.1) is 10.5 Å². The Bertz CT molecular complexity index is 673. The van der Waals surface area contributed by atoms with Crippen LogP contribution in [0.5, 0.6) is 0 Å². The molecule has 7 heteroatoms. The van der Waals surface area contributed by atoms with Gasteiger partial charge in [0.05, 0.1) is 0 Å². The molecule has 0 unspecified atom stereocenters. The number of rotatable bonds is 6. The minimum absolute atomic E-state index is 0.0812. The quantitative estimate of drug-likeness (QED) is 0.549. The highest BCUT2D eigenvalue weighted by Gasteiger charge is 2.05. The Morgan fingerprint density at radius 2 is 1.87 bits per heavy atom. The van der Waals surface area contributed by atoms with Crippen molar-refractivity contribution in [2.24, 2.45) is 0 Å². The largest absolute Gasteiger partial charge is 0.363 e. The number of aryl methyl sites for hydroxylation is 1. The summed E-state index contributed by atoms with van der Waals surface area (Å²) >= 11 is 2.21. The van der Waals surface area contributed by atoms with E-state index in [0.717, 1.165) is 15.1 Å². The number of anilines is 2. The lowest BCUT2D eigenvalue weighted by atomic mass is 10.2. The van der Waals surface area contributed by atoms with Gasteiger partial charge >= 0.3 is 0 Å². The van der Waals surface area contributed by atoms with Crippen molar-refractivity contribution in [3.63, 3.8) is 0 Å². The Balaban J connectivity index is 1.83. The first-order valence-corrected chi connectivity index (χ1v) is 8.34. The summed E-state index contributed by atoms with van der Waals surface area (Å²) < 4.78 is 1.11. The molecule has 2 rings (SSSR count). The van der Waals surface area contributed by atoms with E-state index in [0.29, 0.717) is 24.6 Å². The molecule has 122 valence electrons. The van der Waals surface area contributed by atoms with Gasteiger partial charge in [0, 0.05) is 48.1 Å². The van der Waals surface area contributed by atoms with Crippen LogP contribution in [0.2, 0.25) is 0 Å². The molecular formula is C16H20IN5O. The maximum Gasteiger partial charge on any atom is 0.251 e. The van der Waals surface area contributed by atoms with E-state index < -0.39 is 0 Å². The van der Waals surface area contributed by atoms with Crippen molar-refractivity contribution in [1.82, 2.24) is 15.3 Å². The van der Waals surface area contributed by atoms with E-state index in [9.17, 15) is 4.79 Å². The zero-order chi connectivity index (χ0) is 16.8. The normalized spacial score (nSPS) is 10.3. The zero-order valence-electron chi connectivity index (χ0n) is 13.4. The highest BCUT2D eigenvalue weighted by molar-refractivity contribution is 14.1. The van der Waals surface area contributed by atoms with Crippen molar-refractivity contribution < 1.29 is 4.79 Å². The first kappa shape index (κ1) is 17.5. The fourth-order valence-corrected chi connectivity index (χ4v) is 2.27. The molecule has 0 spiro atoms. The lowest BCUT2D eigenvalue weighted by Gasteiger charge is -2.14. The highest BCUT2D eigenvalue weighted by Crippen LogP contribution is 2.11. The van der Waals surface area contributed by atoms with Gasteiger partial charge in [0.25, 0.3) is 5.91 Å². The summed E-state index contributed by atoms with van der Waals surface area (Å²) in [7, 11) is 3.87. The van der Waals surface area contributed by atoms with Gasteiger partial charge in [-0.15, -0.1) is 0 Å². The number of carbonyl (C=O) groups excluding carboxylic acids is 1. The number of aromatic nitrogens is 2. The molecule has 0 aliphatic carbocycles. The lowest BCUT2D eigenvalue weighted by molar-refractivity contribution is 0.0955. The van der Waals surface area contributed by atoms with Crippen molar-refractivity contribution in [3.05, 3.63) is 45.2 Å². The maximum atomic E-state index is 12.0. The fraction of sp³-hybridized carbons (Fsp3) is 0.312. The Morgan fingerprint density at radius 3 is 2.52 bits per heavy atom. The number of amides is 1. The summed E-state index contributed by atoms with van der Waals surface area (Å²) in [6, 6.07) is 9.38. The van der Waals surface area contributed by atoms with E-state index in [1.165, 1.54) is 0 Å². The molecule has 23 heavy (non-hydrogen) atoms. The molecular weight excluding hydrogens is 405 g/mol. The molecule has 1 heterocycles. The number of nitrogens with zero attached hydrogens (tertiary/aromatic N) is 3. The predicted octanol–water partition coefficient (Wildman–Crippen LogP) is 2.30. The molecule has 1 aromatic carbocycles. The number of carbonyl (C=O) groups is 1. The van der Waals surface area contributed by atoms with Crippen LogP contribution in [-0.2, 0) is 0 Å². The van der Waals surface area contributed by atoms with Gasteiger partial charge in [0.2, 0.25) is 5.95 Å². The molecule has 0 fully saturated rings. The van der Waals surface area contributed by atoms with Crippen LogP contribution in [-0.4, -0.2) is 43.1 Å². The van der Waals surface area contributed by atoms with Crippen LogP contribution in [0.15, 0.2) is 30.3 Å². The molecule has 2 aromatic rings. The van der Waals surface area contributed by atoms with Gasteiger partial charge in [-0.25, -0.2) is 4.98 Å². The smallest absolute Gasteiger partial charge is 0.251 e. The van der Waals surface area contributed by atoms with Crippen LogP contribution < -0.4 is 15.5 Å². The van der Waals surface area contributed by atoms with Gasteiger partial charge in [0.15, 0.2) is 0 Å². The predicted molar refractivity (Wildman–Crippen MR) is 101 cm³/mol. The summed E-state index contributed by atoms with van der Waals surface area (Å²) in [5, 5.41) is 6.00. The fourth-order valence-electron chi connectivity index (χ4n) is 1.91. The SMILES string of the molecule is Cc1cc(N(C)C)nc(NCCNC(=O)c2ccc(I)cc2)n1. The number of halogens is 1. The molecule has 0 radical (unpaired) electrons. The molecule has 0 bridgehead atoms. The van der Waals surface area contributed by atoms with Crippen LogP contribution in [0.25, 0.3) is 0 Å². The van der Waals surface area contributed by atoms with E-state index in [4.69, 9.17) is 0 Å². The van der Waals surface area contributed by atoms with E-state index in [-0.39, 0.29) is 5.91 Å². The Hall–Kier alpha value is -1.90. The average molecular weight is 425 g/mol. The van der Waals surface area contributed by atoms with E-state index in [1.807, 2.05) is 56.3 Å². The van der Waals surface area contributed by atoms with Crippen molar-refractivity contribution in [2.45, 2.75) is 6.92 Å². The first-order valence-electron chi connectivity index (χ1n) is 7.26. The molecule has 0 saturated heterocycles. The Labute approximate surface area is 149 Å². The summed E-state index contributed by atoms with van der Waals surface area (Å²) in [5.74, 6) is 1.34. The van der Waals surface area contributed by atoms with E-state index >= 15 is 0 Å². The maximum absolute atomic E-state index is 12.0. The van der Waals surface area contributed by atoms with Gasteiger partial charge in [-0.1, -0.05) is 0 Å². The average Bonchev–Trinajstić information content (AvgIpc) is 2.51. The summed E-state index contributed by atoms with van der Waals surface area (Å²) in [4.78, 5) is 22.7. The van der Waals surface area contributed by atoms with Crippen LogP contribution in [0.1, 0.15) is 16.1 Å². The molecule has 6 nitrogen and oxygen atoms in total. The molecule has 1 aromatic heterocycles. The second-order valence-corrected chi connectivity index (χ2v) is 6.52. The topological polar surface area (TPSA) is 70.2 Å². The highest BCUT2D eigenvalue weighted by atomic mass is 127. The number of hydrogen-bond acceptors (Lipinski definition) is 5. The number of nitrogens with one attached hydrogen (secondary N) is 2. The van der Waals surface area contributed by atoms with Crippen molar-refractivity contribution >= 4 is 40.3 Å². The molecule has 0 saturated carbocycles. The van der Waals surface area contributed by atoms with E-state index in [2.05, 4.69) is 43.2 Å². The molecule has 1 amide bonds. The zero-order valence-corrected chi connectivity index (χ0v) is 15.6. The van der Waals surface area contributed by atoms with Crippen LogP contribution in [0.3, 0.4) is 0 Å². The van der Waals surface area contributed by atoms with Crippen LogP contribution in [0.4, 0.5) is 11.8 Å². The van der Waals surface area contributed by atoms with Crippen molar-refractivity contribution in [2.75, 3.05) is 37.4 Å². The van der Waals surface area contributed by atoms with Crippen LogP contribution >= 0.6 is 22.6 Å². The molecule has 0 aliphatic heterocycles. The third-order valence-electron chi connectivity index (χ3n) is 3.10. The van der Waals surface area contributed by atoms with E-state index in [1.54, 1.807) is 0 Å². The summed E-state index contributed by atoms with van der Waals surface area (Å²) in [6.07, 6.45) is 0. The minimum Gasteiger partial charge on any atom is -0.363 e. The summed E-state index contributed by atoms with van der Waals surface area (Å²) in [5.41, 5.74) is 1.56. The molecule has 2 N–H and O–H groups in total. The summed E-state index contributed by atoms with van der Waals surface area (Å²) in [6.45, 7) is 2.99. The standard InChI is InChI=1S/C16H20IN5O/c1-11-10-14(22(2)3)21-16(20-11)19-9-8-18-15(23)12-4-6-13(17)7-5-12/h4-7,10H,8-9H2,1-3H3,(H,18,23)(H,19,20,21). The Kier molecular flexibility index (Phi) is 6.14. The molecule has 0 aliphatic rings. The van der Waals surface area contributed by atoms with Gasteiger partial charge in [-0.2, -0.15) is 4.98 Å².